The second kappa shape index (κ2) is 12.6. The topological polar surface area (TPSA) is 85.2 Å². The summed E-state index contributed by atoms with van der Waals surface area (Å²) in [4.78, 5) is 24.3. The molecule has 0 aliphatic heterocycles. The number of ether oxygens (including phenoxy) is 1. The largest absolute Gasteiger partial charge is 0.495 e. The molecule has 0 unspecified atom stereocenters. The van der Waals surface area contributed by atoms with E-state index in [2.05, 4.69) is 10.3 Å². The van der Waals surface area contributed by atoms with Crippen molar-refractivity contribution >= 4 is 58.1 Å². The molecule has 5 rings (SSSR count). The Hall–Kier alpha value is -3.04. The molecule has 12 heteroatoms. The van der Waals surface area contributed by atoms with Crippen molar-refractivity contribution in [1.82, 2.24) is 24.6 Å². The molecule has 0 atom stereocenters. The third-order valence-corrected chi connectivity index (χ3v) is 8.18. The Balaban J connectivity index is 1.44. The number of nitrogens with one attached hydrogen (secondary N) is 1. The lowest BCUT2D eigenvalue weighted by atomic mass is 10.2. The summed E-state index contributed by atoms with van der Waals surface area (Å²) in [6.45, 7) is 0.793. The molecule has 0 radical (unpaired) electrons. The van der Waals surface area contributed by atoms with Gasteiger partial charge in [0.1, 0.15) is 5.75 Å². The zero-order chi connectivity index (χ0) is 28.2. The third-order valence-electron chi connectivity index (χ3n) is 6.85. The highest BCUT2D eigenvalue weighted by Crippen LogP contribution is 2.34. The first-order chi connectivity index (χ1) is 19.3. The Morgan fingerprint density at radius 3 is 2.40 bits per heavy atom. The average molecular weight is 620 g/mol. The molecular formula is C28H26Cl4N6O2. The van der Waals surface area contributed by atoms with E-state index in [1.807, 2.05) is 23.1 Å². The van der Waals surface area contributed by atoms with Crippen LogP contribution in [0, 0.1) is 0 Å². The van der Waals surface area contributed by atoms with Gasteiger partial charge in [-0.3, -0.25) is 4.98 Å². The molecular weight excluding hydrogens is 594 g/mol. The van der Waals surface area contributed by atoms with Crippen LogP contribution in [0.4, 0.5) is 10.5 Å². The van der Waals surface area contributed by atoms with Gasteiger partial charge in [-0.05, 0) is 55.3 Å². The van der Waals surface area contributed by atoms with Gasteiger partial charge in [0.25, 0.3) is 0 Å². The molecule has 4 aromatic rings. The highest BCUT2D eigenvalue weighted by atomic mass is 35.5. The van der Waals surface area contributed by atoms with Gasteiger partial charge in [0, 0.05) is 36.1 Å². The predicted molar refractivity (Wildman–Crippen MR) is 160 cm³/mol. The lowest BCUT2D eigenvalue weighted by molar-refractivity contribution is 0.184. The number of carbonyl (C=O) groups excluding carboxylic acids is 1. The van der Waals surface area contributed by atoms with E-state index >= 15 is 0 Å². The molecule has 1 aliphatic rings. The molecule has 1 N–H and O–H groups in total. The van der Waals surface area contributed by atoms with E-state index in [4.69, 9.17) is 61.2 Å². The zero-order valence-corrected chi connectivity index (χ0v) is 24.6. The van der Waals surface area contributed by atoms with Gasteiger partial charge in [-0.1, -0.05) is 59.2 Å². The zero-order valence-electron chi connectivity index (χ0n) is 21.6. The number of anilines is 1. The van der Waals surface area contributed by atoms with Crippen LogP contribution < -0.4 is 10.1 Å². The molecule has 1 aliphatic carbocycles. The van der Waals surface area contributed by atoms with Crippen LogP contribution in [0.3, 0.4) is 0 Å². The molecule has 1 fully saturated rings. The van der Waals surface area contributed by atoms with Crippen molar-refractivity contribution in [3.63, 3.8) is 0 Å². The molecule has 208 valence electrons. The van der Waals surface area contributed by atoms with Gasteiger partial charge >= 0.3 is 6.03 Å². The molecule has 8 nitrogen and oxygen atoms in total. The smallest absolute Gasteiger partial charge is 0.322 e. The molecule has 2 heterocycles. The molecule has 2 amide bonds. The minimum absolute atomic E-state index is 0.0867. The molecule has 0 spiro atoms. The molecule has 40 heavy (non-hydrogen) atoms. The van der Waals surface area contributed by atoms with Crippen molar-refractivity contribution in [2.24, 2.45) is 0 Å². The SMILES string of the molecule is COc1ccc(-c2nc(-c3ccncc3)nn2CCN(C(=O)Nc2cc(Cl)c(Cl)cc2Cl)C2CCCC2)cc1Cl. The highest BCUT2D eigenvalue weighted by molar-refractivity contribution is 6.44. The van der Waals surface area contributed by atoms with Crippen LogP contribution in [0.25, 0.3) is 22.8 Å². The molecule has 1 saturated carbocycles. The van der Waals surface area contributed by atoms with Crippen molar-refractivity contribution in [3.8, 4) is 28.5 Å². The minimum Gasteiger partial charge on any atom is -0.495 e. The Kier molecular flexibility index (Phi) is 9.00. The average Bonchev–Trinajstić information content (AvgIpc) is 3.63. The number of halogens is 4. The van der Waals surface area contributed by atoms with Crippen LogP contribution in [0.15, 0.2) is 54.9 Å². The highest BCUT2D eigenvalue weighted by Gasteiger charge is 2.28. The molecule has 2 aromatic carbocycles. The molecule has 2 aromatic heterocycles. The standard InChI is InChI=1S/C28H26Cl4N6O2/c1-40-25-7-6-18(14-23(25)32)27-35-26(17-8-10-33-11-9-17)36-38(27)13-12-37(19-4-2-3-5-19)28(39)34-24-16-21(30)20(29)15-22(24)31/h6-11,14-16,19H,2-5,12-13H2,1H3,(H,34,39). The lowest BCUT2D eigenvalue weighted by Gasteiger charge is -2.29. The number of nitrogens with zero attached hydrogens (tertiary/aromatic N) is 5. The number of aromatic nitrogens is 4. The summed E-state index contributed by atoms with van der Waals surface area (Å²) in [6, 6.07) is 12.1. The van der Waals surface area contributed by atoms with E-state index in [-0.39, 0.29) is 12.1 Å². The van der Waals surface area contributed by atoms with Gasteiger partial charge in [-0.2, -0.15) is 5.10 Å². The fraction of sp³-hybridized carbons (Fsp3) is 0.286. The van der Waals surface area contributed by atoms with Crippen LogP contribution in [0.2, 0.25) is 20.1 Å². The molecule has 0 bridgehead atoms. The first-order valence-electron chi connectivity index (χ1n) is 12.8. The Morgan fingerprint density at radius 1 is 0.975 bits per heavy atom. The maximum Gasteiger partial charge on any atom is 0.322 e. The van der Waals surface area contributed by atoms with Gasteiger partial charge in [0.05, 0.1) is 39.4 Å². The molecule has 0 saturated heterocycles. The first-order valence-corrected chi connectivity index (χ1v) is 14.3. The van der Waals surface area contributed by atoms with E-state index in [1.165, 1.54) is 6.07 Å². The number of benzene rings is 2. The third kappa shape index (κ3) is 6.31. The van der Waals surface area contributed by atoms with Crippen LogP contribution >= 0.6 is 46.4 Å². The Morgan fingerprint density at radius 2 is 1.70 bits per heavy atom. The summed E-state index contributed by atoms with van der Waals surface area (Å²) in [5.74, 6) is 1.73. The normalized spacial score (nSPS) is 13.4. The number of amides is 2. The number of hydrogen-bond acceptors (Lipinski definition) is 5. The van der Waals surface area contributed by atoms with Gasteiger partial charge in [-0.15, -0.1) is 0 Å². The first kappa shape index (κ1) is 28.5. The van der Waals surface area contributed by atoms with E-state index in [9.17, 15) is 4.79 Å². The second-order valence-electron chi connectivity index (χ2n) is 9.38. The van der Waals surface area contributed by atoms with Crippen LogP contribution in [-0.4, -0.2) is 50.4 Å². The number of urea groups is 1. The van der Waals surface area contributed by atoms with E-state index < -0.39 is 0 Å². The van der Waals surface area contributed by atoms with Crippen LogP contribution in [-0.2, 0) is 6.54 Å². The monoisotopic (exact) mass is 618 g/mol. The maximum absolute atomic E-state index is 13.6. The van der Waals surface area contributed by atoms with Crippen molar-refractivity contribution in [2.75, 3.05) is 19.0 Å². The summed E-state index contributed by atoms with van der Waals surface area (Å²) in [7, 11) is 1.57. The van der Waals surface area contributed by atoms with Gasteiger partial charge < -0.3 is 15.0 Å². The van der Waals surface area contributed by atoms with Crippen LogP contribution in [0.5, 0.6) is 5.75 Å². The van der Waals surface area contributed by atoms with E-state index in [1.54, 1.807) is 42.4 Å². The fourth-order valence-corrected chi connectivity index (χ4v) is 5.67. The van der Waals surface area contributed by atoms with Crippen LogP contribution in [0.1, 0.15) is 25.7 Å². The van der Waals surface area contributed by atoms with E-state index in [0.717, 1.165) is 36.8 Å². The second-order valence-corrected chi connectivity index (χ2v) is 11.0. The van der Waals surface area contributed by atoms with Crippen molar-refractivity contribution in [1.29, 1.82) is 0 Å². The van der Waals surface area contributed by atoms with Crippen molar-refractivity contribution in [2.45, 2.75) is 38.3 Å². The van der Waals surface area contributed by atoms with Gasteiger partial charge in [0.2, 0.25) is 0 Å². The van der Waals surface area contributed by atoms with Crippen molar-refractivity contribution < 1.29 is 9.53 Å². The predicted octanol–water partition coefficient (Wildman–Crippen LogP) is 8.11. The number of pyridine rings is 1. The quantitative estimate of drug-likeness (QED) is 0.201. The summed E-state index contributed by atoms with van der Waals surface area (Å²) < 4.78 is 7.12. The Bertz CT molecular complexity index is 1510. The number of carbonyl (C=O) groups is 1. The van der Waals surface area contributed by atoms with Gasteiger partial charge in [0.15, 0.2) is 11.6 Å². The van der Waals surface area contributed by atoms with E-state index in [0.29, 0.717) is 56.3 Å². The number of hydrogen-bond donors (Lipinski definition) is 1. The van der Waals surface area contributed by atoms with Crippen molar-refractivity contribution in [3.05, 3.63) is 74.9 Å². The fourth-order valence-electron chi connectivity index (χ4n) is 4.81. The lowest BCUT2D eigenvalue weighted by Crippen LogP contribution is -2.43. The number of methoxy groups -OCH3 is 1. The maximum atomic E-state index is 13.6. The summed E-state index contributed by atoms with van der Waals surface area (Å²) in [5, 5.41) is 9.12. The summed E-state index contributed by atoms with van der Waals surface area (Å²) >= 11 is 25.0. The minimum atomic E-state index is -0.268. The number of rotatable bonds is 8. The summed E-state index contributed by atoms with van der Waals surface area (Å²) in [6.07, 6.45) is 7.35. The summed E-state index contributed by atoms with van der Waals surface area (Å²) in [5.41, 5.74) is 2.01. The Labute approximate surface area is 252 Å². The van der Waals surface area contributed by atoms with Gasteiger partial charge in [-0.25, -0.2) is 14.5 Å².